The Morgan fingerprint density at radius 3 is 2.38 bits per heavy atom. The average Bonchev–Trinajstić information content (AvgIpc) is 2.82. The lowest BCUT2D eigenvalue weighted by Gasteiger charge is -2.27. The first-order chi connectivity index (χ1) is 15.0. The minimum absolute atomic E-state index is 0. The molecule has 0 aromatic heterocycles. The van der Waals surface area contributed by atoms with E-state index in [-0.39, 0.29) is 24.0 Å². The molecule has 0 unspecified atom stereocenters. The summed E-state index contributed by atoms with van der Waals surface area (Å²) in [6, 6.07) is 15.0. The fourth-order valence-corrected chi connectivity index (χ4v) is 5.31. The second kappa shape index (κ2) is 13.0. The molecule has 0 saturated carbocycles. The van der Waals surface area contributed by atoms with E-state index in [9.17, 15) is 8.42 Å². The van der Waals surface area contributed by atoms with Gasteiger partial charge < -0.3 is 15.4 Å². The lowest BCUT2D eigenvalue weighted by molar-refractivity contribution is 0.346. The highest BCUT2D eigenvalue weighted by Gasteiger charge is 2.27. The summed E-state index contributed by atoms with van der Waals surface area (Å²) in [5.74, 6) is 1.45. The van der Waals surface area contributed by atoms with Crippen LogP contribution >= 0.6 is 24.0 Å². The van der Waals surface area contributed by atoms with Crippen molar-refractivity contribution in [2.75, 3.05) is 26.7 Å². The van der Waals surface area contributed by atoms with Gasteiger partial charge >= 0.3 is 0 Å². The van der Waals surface area contributed by atoms with Crippen molar-refractivity contribution in [3.05, 3.63) is 59.7 Å². The van der Waals surface area contributed by atoms with Crippen LogP contribution in [0.4, 0.5) is 0 Å². The zero-order chi connectivity index (χ0) is 22.1. The molecule has 0 aliphatic carbocycles. The number of aliphatic imine (C=N–C) groups is 1. The minimum atomic E-state index is -3.49. The van der Waals surface area contributed by atoms with Crippen LogP contribution in [0.1, 0.15) is 37.3 Å². The number of rotatable bonds is 8. The summed E-state index contributed by atoms with van der Waals surface area (Å²) in [7, 11) is -1.85. The molecule has 9 heteroatoms. The van der Waals surface area contributed by atoms with Gasteiger partial charge in [-0.3, -0.25) is 0 Å². The number of nitrogens with zero attached hydrogens (tertiary/aromatic N) is 2. The van der Waals surface area contributed by atoms with Crippen LogP contribution in [-0.4, -0.2) is 45.4 Å². The predicted molar refractivity (Wildman–Crippen MR) is 139 cm³/mol. The van der Waals surface area contributed by atoms with Crippen molar-refractivity contribution in [1.82, 2.24) is 14.9 Å². The first-order valence-corrected chi connectivity index (χ1v) is 12.2. The largest absolute Gasteiger partial charge is 0.497 e. The first kappa shape index (κ1) is 26.4. The van der Waals surface area contributed by atoms with Crippen molar-refractivity contribution in [3.63, 3.8) is 0 Å². The molecule has 0 radical (unpaired) electrons. The molecule has 0 atom stereocenters. The predicted octanol–water partition coefficient (Wildman–Crippen LogP) is 3.74. The topological polar surface area (TPSA) is 83.0 Å². The van der Waals surface area contributed by atoms with Crippen LogP contribution in [0.15, 0.2) is 58.4 Å². The Morgan fingerprint density at radius 1 is 1.03 bits per heavy atom. The van der Waals surface area contributed by atoms with Gasteiger partial charge in [-0.1, -0.05) is 36.8 Å². The summed E-state index contributed by atoms with van der Waals surface area (Å²) in [5.41, 5.74) is 1.80. The minimum Gasteiger partial charge on any atom is -0.497 e. The van der Waals surface area contributed by atoms with E-state index in [0.29, 0.717) is 43.6 Å². The van der Waals surface area contributed by atoms with Gasteiger partial charge in [0.15, 0.2) is 5.96 Å². The molecule has 32 heavy (non-hydrogen) atoms. The van der Waals surface area contributed by atoms with E-state index < -0.39 is 10.0 Å². The van der Waals surface area contributed by atoms with Crippen molar-refractivity contribution >= 4 is 40.0 Å². The van der Waals surface area contributed by atoms with Crippen molar-refractivity contribution in [3.8, 4) is 5.75 Å². The fourth-order valence-electron chi connectivity index (χ4n) is 3.57. The lowest BCUT2D eigenvalue weighted by atomic mass is 10.2. The SMILES string of the molecule is CCNC(=NCc1ccc(OC)cc1)NCc1ccccc1S(=O)(=O)N1CCCCC1.I. The lowest BCUT2D eigenvalue weighted by Crippen LogP contribution is -2.38. The average molecular weight is 573 g/mol. The zero-order valence-electron chi connectivity index (χ0n) is 18.7. The Bertz CT molecular complexity index is 975. The second-order valence-corrected chi connectivity index (χ2v) is 9.38. The van der Waals surface area contributed by atoms with Gasteiger partial charge in [0.25, 0.3) is 0 Å². The van der Waals surface area contributed by atoms with Crippen molar-refractivity contribution < 1.29 is 13.2 Å². The molecule has 176 valence electrons. The third-order valence-corrected chi connectivity index (χ3v) is 7.27. The van der Waals surface area contributed by atoms with Gasteiger partial charge in [-0.15, -0.1) is 24.0 Å². The summed E-state index contributed by atoms with van der Waals surface area (Å²) in [6.45, 7) is 4.78. The van der Waals surface area contributed by atoms with Crippen LogP contribution in [0, 0.1) is 0 Å². The third-order valence-electron chi connectivity index (χ3n) is 5.27. The number of ether oxygens (including phenoxy) is 1. The molecule has 1 aliphatic rings. The maximum absolute atomic E-state index is 13.2. The van der Waals surface area contributed by atoms with E-state index in [0.717, 1.165) is 36.1 Å². The molecule has 0 bridgehead atoms. The van der Waals surface area contributed by atoms with Gasteiger partial charge in [0, 0.05) is 26.2 Å². The summed E-state index contributed by atoms with van der Waals surface area (Å²) < 4.78 is 33.2. The van der Waals surface area contributed by atoms with Crippen LogP contribution in [0.25, 0.3) is 0 Å². The Morgan fingerprint density at radius 2 is 1.72 bits per heavy atom. The highest BCUT2D eigenvalue weighted by atomic mass is 127. The second-order valence-electron chi connectivity index (χ2n) is 7.47. The summed E-state index contributed by atoms with van der Waals surface area (Å²) >= 11 is 0. The van der Waals surface area contributed by atoms with Crippen LogP contribution in [-0.2, 0) is 23.1 Å². The normalized spacial score (nSPS) is 15.0. The quantitative estimate of drug-likeness (QED) is 0.286. The van der Waals surface area contributed by atoms with Crippen molar-refractivity contribution in [2.24, 2.45) is 4.99 Å². The van der Waals surface area contributed by atoms with Gasteiger partial charge in [-0.2, -0.15) is 4.31 Å². The molecular formula is C23H33IN4O3S. The molecule has 2 N–H and O–H groups in total. The van der Waals surface area contributed by atoms with E-state index in [1.165, 1.54) is 0 Å². The number of methoxy groups -OCH3 is 1. The zero-order valence-corrected chi connectivity index (χ0v) is 21.9. The van der Waals surface area contributed by atoms with Crippen LogP contribution in [0.3, 0.4) is 0 Å². The molecule has 0 spiro atoms. The number of halogens is 1. The molecule has 0 amide bonds. The van der Waals surface area contributed by atoms with E-state index >= 15 is 0 Å². The number of benzene rings is 2. The molecule has 2 aromatic rings. The Hall–Kier alpha value is -1.85. The molecule has 1 fully saturated rings. The molecule has 1 aliphatic heterocycles. The van der Waals surface area contributed by atoms with Crippen LogP contribution in [0.5, 0.6) is 5.75 Å². The molecule has 7 nitrogen and oxygen atoms in total. The Labute approximate surface area is 208 Å². The third kappa shape index (κ3) is 7.08. The number of piperidine rings is 1. The van der Waals surface area contributed by atoms with E-state index in [4.69, 9.17) is 4.74 Å². The summed E-state index contributed by atoms with van der Waals surface area (Å²) in [4.78, 5) is 5.00. The highest BCUT2D eigenvalue weighted by Crippen LogP contribution is 2.23. The standard InChI is InChI=1S/C23H32N4O3S.HI/c1-3-24-23(25-17-19-11-13-21(30-2)14-12-19)26-18-20-9-5-6-10-22(20)31(28,29)27-15-7-4-8-16-27;/h5-6,9-14H,3-4,7-8,15-18H2,1-2H3,(H2,24,25,26);1H. The summed E-state index contributed by atoms with van der Waals surface area (Å²) in [6.07, 6.45) is 2.93. The number of sulfonamides is 1. The molecule has 1 saturated heterocycles. The number of nitrogens with one attached hydrogen (secondary N) is 2. The summed E-state index contributed by atoms with van der Waals surface area (Å²) in [5, 5.41) is 6.50. The van der Waals surface area contributed by atoms with Gasteiger partial charge in [-0.05, 0) is 49.1 Å². The van der Waals surface area contributed by atoms with Crippen LogP contribution < -0.4 is 15.4 Å². The van der Waals surface area contributed by atoms with E-state index in [1.54, 1.807) is 23.5 Å². The number of guanidine groups is 1. The highest BCUT2D eigenvalue weighted by molar-refractivity contribution is 14.0. The molecule has 2 aromatic carbocycles. The maximum Gasteiger partial charge on any atom is 0.243 e. The van der Waals surface area contributed by atoms with Crippen molar-refractivity contribution in [1.29, 1.82) is 0 Å². The fraction of sp³-hybridized carbons (Fsp3) is 0.435. The van der Waals surface area contributed by atoms with Crippen molar-refractivity contribution in [2.45, 2.75) is 44.2 Å². The van der Waals surface area contributed by atoms with Gasteiger partial charge in [0.1, 0.15) is 5.75 Å². The van der Waals surface area contributed by atoms with Crippen LogP contribution in [0.2, 0.25) is 0 Å². The maximum atomic E-state index is 13.2. The molecule has 1 heterocycles. The first-order valence-electron chi connectivity index (χ1n) is 10.8. The van der Waals surface area contributed by atoms with Gasteiger partial charge in [-0.25, -0.2) is 13.4 Å². The number of hydrogen-bond acceptors (Lipinski definition) is 4. The number of hydrogen-bond donors (Lipinski definition) is 2. The smallest absolute Gasteiger partial charge is 0.243 e. The Kier molecular flexibility index (Phi) is 10.7. The van der Waals surface area contributed by atoms with E-state index in [1.807, 2.05) is 43.3 Å². The molecule has 3 rings (SSSR count). The Balaban J connectivity index is 0.00000363. The van der Waals surface area contributed by atoms with Gasteiger partial charge in [0.05, 0.1) is 18.6 Å². The molecular weight excluding hydrogens is 539 g/mol. The monoisotopic (exact) mass is 572 g/mol. The van der Waals surface area contributed by atoms with E-state index in [2.05, 4.69) is 15.6 Å². The van der Waals surface area contributed by atoms with Gasteiger partial charge in [0.2, 0.25) is 10.0 Å².